The predicted octanol–water partition coefficient (Wildman–Crippen LogP) is 6.62. The second kappa shape index (κ2) is 14.0. The zero-order chi connectivity index (χ0) is 28.5. The van der Waals surface area contributed by atoms with Crippen LogP contribution in [-0.2, 0) is 6.54 Å². The average Bonchev–Trinajstić information content (AvgIpc) is 3.23. The molecule has 0 aliphatic rings. The average molecular weight is 549 g/mol. The van der Waals surface area contributed by atoms with Crippen molar-refractivity contribution in [3.05, 3.63) is 63.5 Å². The number of hydrogen-bond donors (Lipinski definition) is 1. The molecule has 0 spiro atoms. The Labute approximate surface area is 234 Å². The lowest BCUT2D eigenvalue weighted by molar-refractivity contribution is 0.241. The first-order valence-electron chi connectivity index (χ1n) is 14.5. The number of aromatic nitrogens is 4. The summed E-state index contributed by atoms with van der Waals surface area (Å²) in [6.45, 7) is 6.35. The SMILES string of the molecule is CCCCCCCCCCCCn1c(-c2oc(=O)n(-c3ccccc3OC(C)C)c2O)nc2ncccc2c1=O. The summed E-state index contributed by atoms with van der Waals surface area (Å²) in [6.07, 6.45) is 13.0. The van der Waals surface area contributed by atoms with Crippen molar-refractivity contribution in [3.8, 4) is 28.9 Å². The van der Waals surface area contributed by atoms with Crippen molar-refractivity contribution >= 4 is 11.0 Å². The molecule has 9 heteroatoms. The molecule has 4 rings (SSSR count). The summed E-state index contributed by atoms with van der Waals surface area (Å²) in [7, 11) is 0. The van der Waals surface area contributed by atoms with E-state index < -0.39 is 11.6 Å². The van der Waals surface area contributed by atoms with Gasteiger partial charge in [-0.15, -0.1) is 0 Å². The number of aromatic hydroxyl groups is 1. The summed E-state index contributed by atoms with van der Waals surface area (Å²) < 4.78 is 13.9. The zero-order valence-electron chi connectivity index (χ0n) is 23.8. The van der Waals surface area contributed by atoms with E-state index in [9.17, 15) is 14.7 Å². The Morgan fingerprint density at radius 3 is 2.30 bits per heavy atom. The van der Waals surface area contributed by atoms with Gasteiger partial charge in [0.2, 0.25) is 11.6 Å². The van der Waals surface area contributed by atoms with Gasteiger partial charge in [-0.2, -0.15) is 0 Å². The quantitative estimate of drug-likeness (QED) is 0.166. The molecule has 4 aromatic rings. The third-order valence-corrected chi connectivity index (χ3v) is 6.92. The van der Waals surface area contributed by atoms with E-state index in [1.54, 1.807) is 42.6 Å². The third-order valence-electron chi connectivity index (χ3n) is 6.92. The number of hydrogen-bond acceptors (Lipinski definition) is 7. The van der Waals surface area contributed by atoms with Gasteiger partial charge in [0.15, 0.2) is 11.5 Å². The number of pyridine rings is 1. The van der Waals surface area contributed by atoms with E-state index in [-0.39, 0.29) is 28.9 Å². The first-order chi connectivity index (χ1) is 19.4. The van der Waals surface area contributed by atoms with Crippen LogP contribution in [0.1, 0.15) is 85.0 Å². The zero-order valence-corrected chi connectivity index (χ0v) is 23.8. The van der Waals surface area contributed by atoms with Crippen LogP contribution in [0.4, 0.5) is 0 Å². The van der Waals surface area contributed by atoms with Crippen LogP contribution < -0.4 is 16.1 Å². The van der Waals surface area contributed by atoms with E-state index in [1.165, 1.54) is 49.5 Å². The lowest BCUT2D eigenvalue weighted by atomic mass is 10.1. The fraction of sp³-hybridized carbons (Fsp3) is 0.484. The van der Waals surface area contributed by atoms with Crippen LogP contribution in [0.3, 0.4) is 0 Å². The van der Waals surface area contributed by atoms with Crippen molar-refractivity contribution in [1.29, 1.82) is 0 Å². The summed E-state index contributed by atoms with van der Waals surface area (Å²) in [5, 5.41) is 11.6. The normalized spacial score (nSPS) is 11.5. The molecule has 3 heterocycles. The molecule has 0 saturated heterocycles. The van der Waals surface area contributed by atoms with E-state index in [0.717, 1.165) is 23.8 Å². The highest BCUT2D eigenvalue weighted by Gasteiger charge is 2.26. The fourth-order valence-corrected chi connectivity index (χ4v) is 4.91. The Bertz CT molecular complexity index is 1520. The minimum Gasteiger partial charge on any atom is -0.491 e. The monoisotopic (exact) mass is 548 g/mol. The minimum absolute atomic E-state index is 0.0720. The van der Waals surface area contributed by atoms with Crippen LogP contribution in [0.2, 0.25) is 0 Å². The first-order valence-corrected chi connectivity index (χ1v) is 14.5. The van der Waals surface area contributed by atoms with Gasteiger partial charge in [0.05, 0.1) is 17.2 Å². The van der Waals surface area contributed by atoms with Gasteiger partial charge in [0, 0.05) is 12.7 Å². The van der Waals surface area contributed by atoms with Crippen LogP contribution in [-0.4, -0.2) is 30.3 Å². The molecule has 0 atom stereocenters. The maximum absolute atomic E-state index is 13.5. The number of rotatable bonds is 15. The fourth-order valence-electron chi connectivity index (χ4n) is 4.91. The van der Waals surface area contributed by atoms with Gasteiger partial charge in [0.1, 0.15) is 5.75 Å². The van der Waals surface area contributed by atoms with Gasteiger partial charge in [-0.1, -0.05) is 76.8 Å². The molecule has 9 nitrogen and oxygen atoms in total. The van der Waals surface area contributed by atoms with Crippen molar-refractivity contribution in [2.45, 2.75) is 97.6 Å². The number of nitrogens with zero attached hydrogens (tertiary/aromatic N) is 4. The maximum Gasteiger partial charge on any atom is 0.427 e. The summed E-state index contributed by atoms with van der Waals surface area (Å²) in [6, 6.07) is 10.3. The van der Waals surface area contributed by atoms with Crippen LogP contribution in [0.25, 0.3) is 28.3 Å². The van der Waals surface area contributed by atoms with Gasteiger partial charge in [0.25, 0.3) is 5.56 Å². The van der Waals surface area contributed by atoms with Crippen LogP contribution in [0, 0.1) is 0 Å². The topological polar surface area (TPSA) is 112 Å². The Morgan fingerprint density at radius 2 is 1.60 bits per heavy atom. The molecule has 0 bridgehead atoms. The summed E-state index contributed by atoms with van der Waals surface area (Å²) in [4.78, 5) is 35.3. The molecule has 0 aliphatic heterocycles. The number of para-hydroxylation sites is 2. The summed E-state index contributed by atoms with van der Waals surface area (Å²) in [5.41, 5.74) is 0.263. The van der Waals surface area contributed by atoms with Gasteiger partial charge in [-0.05, 0) is 44.5 Å². The lowest BCUT2D eigenvalue weighted by Crippen LogP contribution is -2.24. The number of ether oxygens (including phenoxy) is 1. The molecule has 214 valence electrons. The van der Waals surface area contributed by atoms with E-state index >= 15 is 0 Å². The van der Waals surface area contributed by atoms with Crippen molar-refractivity contribution < 1.29 is 14.3 Å². The standard InChI is InChI=1S/C31H40N4O5/c1-4-5-6-7-8-9-10-11-12-15-21-34-28(33-27-23(29(34)36)17-16-20-32-27)26-30(37)35(31(38)40-26)24-18-13-14-19-25(24)39-22(2)3/h13-14,16-20,22,37H,4-12,15,21H2,1-3H3. The number of unbranched alkanes of at least 4 members (excludes halogenated alkanes) is 9. The van der Waals surface area contributed by atoms with Crippen molar-refractivity contribution in [2.75, 3.05) is 0 Å². The maximum atomic E-state index is 13.5. The predicted molar refractivity (Wildman–Crippen MR) is 156 cm³/mol. The van der Waals surface area contributed by atoms with E-state index in [1.807, 2.05) is 13.8 Å². The molecule has 0 unspecified atom stereocenters. The minimum atomic E-state index is -0.812. The highest BCUT2D eigenvalue weighted by atomic mass is 16.5. The van der Waals surface area contributed by atoms with Gasteiger partial charge >= 0.3 is 5.76 Å². The van der Waals surface area contributed by atoms with Crippen LogP contribution in [0.15, 0.2) is 56.6 Å². The van der Waals surface area contributed by atoms with Crippen molar-refractivity contribution in [3.63, 3.8) is 0 Å². The second-order valence-electron chi connectivity index (χ2n) is 10.4. The van der Waals surface area contributed by atoms with Gasteiger partial charge in [-0.25, -0.2) is 19.3 Å². The molecule has 0 amide bonds. The molecular formula is C31H40N4O5. The van der Waals surface area contributed by atoms with E-state index in [0.29, 0.717) is 23.4 Å². The highest BCUT2D eigenvalue weighted by Crippen LogP contribution is 2.33. The molecule has 0 aliphatic carbocycles. The molecule has 3 aromatic heterocycles. The third kappa shape index (κ3) is 6.81. The Kier molecular flexibility index (Phi) is 10.2. The van der Waals surface area contributed by atoms with Crippen LogP contribution >= 0.6 is 0 Å². The molecule has 40 heavy (non-hydrogen) atoms. The van der Waals surface area contributed by atoms with Crippen LogP contribution in [0.5, 0.6) is 11.6 Å². The highest BCUT2D eigenvalue weighted by molar-refractivity contribution is 5.75. The number of oxazole rings is 1. The Morgan fingerprint density at radius 1 is 0.925 bits per heavy atom. The molecule has 1 aromatic carbocycles. The second-order valence-corrected chi connectivity index (χ2v) is 10.4. The first kappa shape index (κ1) is 29.1. The largest absolute Gasteiger partial charge is 0.491 e. The molecule has 0 saturated carbocycles. The summed E-state index contributed by atoms with van der Waals surface area (Å²) >= 11 is 0. The molecular weight excluding hydrogens is 508 g/mol. The Balaban J connectivity index is 1.61. The van der Waals surface area contributed by atoms with Crippen molar-refractivity contribution in [2.24, 2.45) is 0 Å². The van der Waals surface area contributed by atoms with Gasteiger partial charge < -0.3 is 14.3 Å². The lowest BCUT2D eigenvalue weighted by Gasteiger charge is -2.14. The van der Waals surface area contributed by atoms with E-state index in [4.69, 9.17) is 9.15 Å². The van der Waals surface area contributed by atoms with Crippen molar-refractivity contribution in [1.82, 2.24) is 19.1 Å². The molecule has 1 N–H and O–H groups in total. The summed E-state index contributed by atoms with van der Waals surface area (Å²) in [5.74, 6) is -0.959. The van der Waals surface area contributed by atoms with Gasteiger partial charge in [-0.3, -0.25) is 9.36 Å². The number of fused-ring (bicyclic) bond motifs is 1. The molecule has 0 radical (unpaired) electrons. The molecule has 0 fully saturated rings. The smallest absolute Gasteiger partial charge is 0.427 e. The van der Waals surface area contributed by atoms with E-state index in [2.05, 4.69) is 16.9 Å². The Hall–Kier alpha value is -3.88. The number of benzene rings is 1.